The molecule has 244 valence electrons. The molecular weight excluding hydrogens is 585 g/mol. The maximum atomic E-state index is 6.39. The molecule has 1 aliphatic rings. The lowest BCUT2D eigenvalue weighted by Crippen LogP contribution is -2.20. The first-order valence-electron chi connectivity index (χ1n) is 17.5. The zero-order valence-corrected chi connectivity index (χ0v) is 29.5. The molecule has 0 N–H and O–H groups in total. The summed E-state index contributed by atoms with van der Waals surface area (Å²) in [6.07, 6.45) is 18.4. The number of hydrogen-bond donors (Lipinski definition) is 0. The molecular formula is C38H56O4S2. The molecule has 0 heterocycles. The van der Waals surface area contributed by atoms with E-state index >= 15 is 0 Å². The molecule has 0 fully saturated rings. The van der Waals surface area contributed by atoms with Crippen LogP contribution in [0.15, 0.2) is 24.3 Å². The Morgan fingerprint density at radius 3 is 0.864 bits per heavy atom. The number of benzene rings is 2. The van der Waals surface area contributed by atoms with Crippen LogP contribution < -0.4 is 18.9 Å². The zero-order chi connectivity index (χ0) is 31.6. The van der Waals surface area contributed by atoms with Gasteiger partial charge in [-0.25, -0.2) is 0 Å². The number of thiocarbonyl (C=S) groups is 2. The molecule has 4 nitrogen and oxygen atoms in total. The van der Waals surface area contributed by atoms with E-state index in [1.165, 1.54) is 51.4 Å². The summed E-state index contributed by atoms with van der Waals surface area (Å²) >= 11 is 12.0. The maximum absolute atomic E-state index is 6.39. The Labute approximate surface area is 278 Å². The molecule has 0 radical (unpaired) electrons. The third-order valence-electron chi connectivity index (χ3n) is 8.18. The zero-order valence-electron chi connectivity index (χ0n) is 27.9. The van der Waals surface area contributed by atoms with Crippen LogP contribution in [-0.4, -0.2) is 36.2 Å². The Hall–Kier alpha value is -2.18. The van der Waals surface area contributed by atoms with Crippen molar-refractivity contribution in [1.82, 2.24) is 0 Å². The predicted octanol–water partition coefficient (Wildman–Crippen LogP) is 11.6. The molecule has 0 unspecified atom stereocenters. The first-order valence-corrected chi connectivity index (χ1v) is 18.3. The van der Waals surface area contributed by atoms with Crippen LogP contribution >= 0.6 is 24.4 Å². The number of fused-ring (bicyclic) bond motifs is 3. The van der Waals surface area contributed by atoms with Crippen molar-refractivity contribution in [3.8, 4) is 34.1 Å². The van der Waals surface area contributed by atoms with Gasteiger partial charge < -0.3 is 18.9 Å². The molecule has 0 saturated heterocycles. The Balaban J connectivity index is 1.96. The van der Waals surface area contributed by atoms with Crippen molar-refractivity contribution in [2.24, 2.45) is 0 Å². The van der Waals surface area contributed by atoms with Crippen molar-refractivity contribution >= 4 is 34.2 Å². The molecule has 44 heavy (non-hydrogen) atoms. The molecule has 0 bridgehead atoms. The molecule has 2 aromatic rings. The highest BCUT2D eigenvalue weighted by Gasteiger charge is 2.29. The van der Waals surface area contributed by atoms with Gasteiger partial charge in [0.1, 0.15) is 0 Å². The highest BCUT2D eigenvalue weighted by atomic mass is 32.1. The Morgan fingerprint density at radius 2 is 0.614 bits per heavy atom. The summed E-state index contributed by atoms with van der Waals surface area (Å²) in [6.45, 7) is 11.6. The molecule has 0 atom stereocenters. The standard InChI is InChI=1S/C38H56O4S2/c1-5-9-13-17-21-39-33-25-29-30-26-34(40-22-18-14-10-6-2)36(42-24-20-16-12-8-4)28-32(30)38(44)37(43)31(29)27-35(33)41-23-19-15-11-7-3/h25-28H,5-24H2,1-4H3. The highest BCUT2D eigenvalue weighted by Crippen LogP contribution is 2.45. The first-order chi connectivity index (χ1) is 21.5. The van der Waals surface area contributed by atoms with E-state index in [2.05, 4.69) is 52.0 Å². The van der Waals surface area contributed by atoms with E-state index in [4.69, 9.17) is 43.4 Å². The van der Waals surface area contributed by atoms with E-state index in [9.17, 15) is 0 Å². The monoisotopic (exact) mass is 640 g/mol. The average molecular weight is 641 g/mol. The SMILES string of the molecule is CCCCCCOc1cc2c(cc1OCCCCCC)-c1cc(OCCCCCC)c(OCCCCCC)cc1C(=S)C2=S. The summed E-state index contributed by atoms with van der Waals surface area (Å²) < 4.78 is 25.4. The van der Waals surface area contributed by atoms with Crippen molar-refractivity contribution in [2.75, 3.05) is 26.4 Å². The minimum absolute atomic E-state index is 0.660. The predicted molar refractivity (Wildman–Crippen MR) is 194 cm³/mol. The topological polar surface area (TPSA) is 36.9 Å². The van der Waals surface area contributed by atoms with Gasteiger partial charge in [-0.3, -0.25) is 0 Å². The van der Waals surface area contributed by atoms with Crippen molar-refractivity contribution in [1.29, 1.82) is 0 Å². The minimum atomic E-state index is 0.660. The van der Waals surface area contributed by atoms with Crippen molar-refractivity contribution in [3.05, 3.63) is 35.4 Å². The number of hydrogen-bond acceptors (Lipinski definition) is 6. The maximum Gasteiger partial charge on any atom is 0.161 e. The number of rotatable bonds is 24. The van der Waals surface area contributed by atoms with Gasteiger partial charge in [0.2, 0.25) is 0 Å². The molecule has 2 aromatic carbocycles. The van der Waals surface area contributed by atoms with Crippen molar-refractivity contribution < 1.29 is 18.9 Å². The van der Waals surface area contributed by atoms with Crippen LogP contribution in [0.4, 0.5) is 0 Å². The van der Waals surface area contributed by atoms with Crippen LogP contribution in [0.5, 0.6) is 23.0 Å². The van der Waals surface area contributed by atoms with E-state index in [0.717, 1.165) is 96.6 Å². The van der Waals surface area contributed by atoms with Crippen LogP contribution in [0, 0.1) is 0 Å². The van der Waals surface area contributed by atoms with Gasteiger partial charge >= 0.3 is 0 Å². The van der Waals surface area contributed by atoms with Crippen molar-refractivity contribution in [3.63, 3.8) is 0 Å². The van der Waals surface area contributed by atoms with Gasteiger partial charge in [0.25, 0.3) is 0 Å². The largest absolute Gasteiger partial charge is 0.490 e. The van der Waals surface area contributed by atoms with E-state index in [1.54, 1.807) is 0 Å². The summed E-state index contributed by atoms with van der Waals surface area (Å²) in [5, 5.41) is 0. The fourth-order valence-electron chi connectivity index (χ4n) is 5.48. The average Bonchev–Trinajstić information content (AvgIpc) is 3.03. The van der Waals surface area contributed by atoms with E-state index in [-0.39, 0.29) is 0 Å². The molecule has 0 amide bonds. The van der Waals surface area contributed by atoms with Crippen LogP contribution in [0.2, 0.25) is 0 Å². The lowest BCUT2D eigenvalue weighted by atomic mass is 9.84. The second-order valence-corrected chi connectivity index (χ2v) is 12.8. The second kappa shape index (κ2) is 20.8. The van der Waals surface area contributed by atoms with Gasteiger partial charge in [-0.1, -0.05) is 129 Å². The Kier molecular flexibility index (Phi) is 17.1. The second-order valence-electron chi connectivity index (χ2n) is 12.0. The smallest absolute Gasteiger partial charge is 0.161 e. The summed E-state index contributed by atoms with van der Waals surface area (Å²) in [4.78, 5) is 1.35. The lowest BCUT2D eigenvalue weighted by molar-refractivity contribution is 0.258. The highest BCUT2D eigenvalue weighted by molar-refractivity contribution is 7.90. The molecule has 0 aliphatic heterocycles. The quantitative estimate of drug-likeness (QED) is 0.0839. The van der Waals surface area contributed by atoms with Crippen LogP contribution in [-0.2, 0) is 0 Å². The molecule has 0 spiro atoms. The van der Waals surface area contributed by atoms with E-state index in [1.807, 2.05) is 0 Å². The molecule has 0 saturated carbocycles. The fraction of sp³-hybridized carbons (Fsp3) is 0.632. The summed E-state index contributed by atoms with van der Waals surface area (Å²) in [6, 6.07) is 8.33. The summed E-state index contributed by atoms with van der Waals surface area (Å²) in [5.74, 6) is 3.05. The lowest BCUT2D eigenvalue weighted by Gasteiger charge is -2.26. The molecule has 0 aromatic heterocycles. The minimum Gasteiger partial charge on any atom is -0.490 e. The van der Waals surface area contributed by atoms with Gasteiger partial charge in [0.15, 0.2) is 23.0 Å². The number of ether oxygens (including phenoxy) is 4. The summed E-state index contributed by atoms with van der Waals surface area (Å²) in [5.41, 5.74) is 3.90. The molecule has 3 rings (SSSR count). The van der Waals surface area contributed by atoms with Crippen molar-refractivity contribution in [2.45, 2.75) is 130 Å². The first kappa shape index (κ1) is 36.3. The summed E-state index contributed by atoms with van der Waals surface area (Å²) in [7, 11) is 0. The van der Waals surface area contributed by atoms with E-state index < -0.39 is 0 Å². The van der Waals surface area contributed by atoms with Gasteiger partial charge in [-0.2, -0.15) is 0 Å². The Morgan fingerprint density at radius 1 is 0.364 bits per heavy atom. The fourth-order valence-corrected chi connectivity index (χ4v) is 6.04. The van der Waals surface area contributed by atoms with E-state index in [0.29, 0.717) is 36.2 Å². The Bertz CT molecular complexity index is 1080. The van der Waals surface area contributed by atoms with Crippen LogP contribution in [0.25, 0.3) is 11.1 Å². The third kappa shape index (κ3) is 11.0. The van der Waals surface area contributed by atoms with Gasteiger partial charge in [0.05, 0.1) is 36.2 Å². The number of unbranched alkanes of at least 4 members (excludes halogenated alkanes) is 12. The van der Waals surface area contributed by atoms with Gasteiger partial charge in [-0.15, -0.1) is 0 Å². The molecule has 6 heteroatoms. The molecule has 1 aliphatic carbocycles. The van der Waals surface area contributed by atoms with Gasteiger partial charge in [-0.05, 0) is 61.1 Å². The third-order valence-corrected chi connectivity index (χ3v) is 9.15. The van der Waals surface area contributed by atoms with Crippen LogP contribution in [0.3, 0.4) is 0 Å². The van der Waals surface area contributed by atoms with Crippen LogP contribution in [0.1, 0.15) is 142 Å². The normalized spacial score (nSPS) is 12.2. The van der Waals surface area contributed by atoms with Gasteiger partial charge in [0, 0.05) is 11.1 Å².